The highest BCUT2D eigenvalue weighted by atomic mass is 35.5. The van der Waals surface area contributed by atoms with Gasteiger partial charge in [0.2, 0.25) is 0 Å². The summed E-state index contributed by atoms with van der Waals surface area (Å²) in [6.07, 6.45) is 18.0. The van der Waals surface area contributed by atoms with E-state index in [-0.39, 0.29) is 11.3 Å². The second-order valence-corrected chi connectivity index (χ2v) is 9.78. The van der Waals surface area contributed by atoms with Crippen molar-refractivity contribution in [1.82, 2.24) is 4.98 Å². The Kier molecular flexibility index (Phi) is 8.04. The number of nitrogens with zero attached hydrogens (tertiary/aromatic N) is 2. The quantitative estimate of drug-likeness (QED) is 0.346. The van der Waals surface area contributed by atoms with Crippen LogP contribution in [-0.4, -0.2) is 15.6 Å². The number of aliphatic imine (C=N–C) groups is 1. The van der Waals surface area contributed by atoms with Gasteiger partial charge in [-0.05, 0) is 62.5 Å². The summed E-state index contributed by atoms with van der Waals surface area (Å²) in [4.78, 5) is 10.2. The van der Waals surface area contributed by atoms with E-state index in [1.165, 1.54) is 0 Å². The van der Waals surface area contributed by atoms with Gasteiger partial charge in [0.05, 0.1) is 0 Å². The van der Waals surface area contributed by atoms with Crippen LogP contribution in [0.4, 0.5) is 0 Å². The van der Waals surface area contributed by atoms with Crippen LogP contribution < -0.4 is 5.73 Å². The van der Waals surface area contributed by atoms with E-state index in [2.05, 4.69) is 55.3 Å². The van der Waals surface area contributed by atoms with Gasteiger partial charge in [-0.2, -0.15) is 0 Å². The van der Waals surface area contributed by atoms with Crippen LogP contribution in [0.3, 0.4) is 0 Å². The minimum Gasteiger partial charge on any atom is -0.402 e. The summed E-state index contributed by atoms with van der Waals surface area (Å²) in [5, 5.41) is 0.735. The predicted molar refractivity (Wildman–Crippen MR) is 146 cm³/mol. The van der Waals surface area contributed by atoms with Gasteiger partial charge < -0.3 is 5.73 Å². The van der Waals surface area contributed by atoms with Crippen LogP contribution in [0.2, 0.25) is 0 Å². The maximum absolute atomic E-state index is 7.02. The standard InChI is InChI=1S/C28H32ClN3S/c1-6-23-11-10-21(16-32-23)25(24(33)15-19(3)30)22-14-18(2)27(29)26(20(4)31-17-22)28(5)12-8-7-9-13-28/h7-12,14-17,25H,6,13,30H2,1-5H3/b18-14?,19-15?,22-14?,22-17?,26-20?,27-18?,27-26-,31-17?,31-20?. The van der Waals surface area contributed by atoms with Gasteiger partial charge in [0.25, 0.3) is 0 Å². The highest BCUT2D eigenvalue weighted by Gasteiger charge is 2.32. The van der Waals surface area contributed by atoms with E-state index in [1.54, 1.807) is 0 Å². The summed E-state index contributed by atoms with van der Waals surface area (Å²) in [6.45, 7) is 10.2. The first kappa shape index (κ1) is 25.1. The largest absolute Gasteiger partial charge is 0.402 e. The summed E-state index contributed by atoms with van der Waals surface area (Å²) in [5.41, 5.74) is 12.4. The Morgan fingerprint density at radius 1 is 1.30 bits per heavy atom. The molecule has 0 spiro atoms. The smallest absolute Gasteiger partial charge is 0.0494 e. The number of nitrogens with two attached hydrogens (primary N) is 1. The summed E-state index contributed by atoms with van der Waals surface area (Å²) in [5.74, 6) is -0.206. The molecule has 2 heterocycles. The zero-order valence-corrected chi connectivity index (χ0v) is 21.6. The lowest BCUT2D eigenvalue weighted by atomic mass is 9.74. The number of hydrogen-bond donors (Lipinski definition) is 1. The lowest BCUT2D eigenvalue weighted by molar-refractivity contribution is 0.535. The van der Waals surface area contributed by atoms with Crippen molar-refractivity contribution < 1.29 is 0 Å². The third-order valence-electron chi connectivity index (χ3n) is 6.07. The fraction of sp³-hybridized carbons (Fsp3) is 0.321. The van der Waals surface area contributed by atoms with Crippen molar-refractivity contribution in [1.29, 1.82) is 0 Å². The van der Waals surface area contributed by atoms with E-state index >= 15 is 0 Å². The highest BCUT2D eigenvalue weighted by Crippen LogP contribution is 2.42. The van der Waals surface area contributed by atoms with E-state index in [0.717, 1.165) is 56.4 Å². The van der Waals surface area contributed by atoms with Crippen molar-refractivity contribution in [2.24, 2.45) is 16.1 Å². The first-order chi connectivity index (χ1) is 15.7. The Hall–Kier alpha value is -2.56. The average molecular weight is 478 g/mol. The number of hydrogen-bond acceptors (Lipinski definition) is 4. The maximum Gasteiger partial charge on any atom is 0.0494 e. The van der Waals surface area contributed by atoms with Crippen LogP contribution in [0.15, 0.2) is 93.4 Å². The van der Waals surface area contributed by atoms with E-state index in [4.69, 9.17) is 34.5 Å². The molecule has 0 amide bonds. The first-order valence-electron chi connectivity index (χ1n) is 11.3. The molecule has 0 radical (unpaired) electrons. The molecule has 0 aromatic carbocycles. The second-order valence-electron chi connectivity index (χ2n) is 8.93. The van der Waals surface area contributed by atoms with Gasteiger partial charge in [0.1, 0.15) is 0 Å². The Bertz CT molecular complexity index is 1140. The Labute approximate surface area is 208 Å². The van der Waals surface area contributed by atoms with Crippen molar-refractivity contribution in [2.75, 3.05) is 0 Å². The molecule has 33 heavy (non-hydrogen) atoms. The molecule has 2 atom stereocenters. The molecule has 3 rings (SSSR count). The van der Waals surface area contributed by atoms with Crippen LogP contribution in [0.25, 0.3) is 0 Å². The van der Waals surface area contributed by atoms with Gasteiger partial charge in [-0.15, -0.1) is 0 Å². The van der Waals surface area contributed by atoms with E-state index in [1.807, 2.05) is 45.3 Å². The van der Waals surface area contributed by atoms with Gasteiger partial charge in [0.15, 0.2) is 0 Å². The maximum atomic E-state index is 7.02. The normalized spacial score (nSPS) is 24.4. The topological polar surface area (TPSA) is 51.3 Å². The van der Waals surface area contributed by atoms with Crippen LogP contribution in [0.1, 0.15) is 58.2 Å². The minimum atomic E-state index is -0.206. The predicted octanol–water partition coefficient (Wildman–Crippen LogP) is 7.28. The minimum absolute atomic E-state index is 0.201. The fourth-order valence-corrected chi connectivity index (χ4v) is 5.19. The Balaban J connectivity index is 2.13. The summed E-state index contributed by atoms with van der Waals surface area (Å²) >= 11 is 12.8. The molecule has 0 bridgehead atoms. The second kappa shape index (κ2) is 10.6. The molecule has 2 aliphatic rings. The van der Waals surface area contributed by atoms with Gasteiger partial charge in [-0.1, -0.05) is 74.1 Å². The number of halogens is 1. The number of allylic oxidation sites excluding steroid dienone is 11. The third-order valence-corrected chi connectivity index (χ3v) is 6.91. The molecule has 5 heteroatoms. The summed E-state index contributed by atoms with van der Waals surface area (Å²) in [6, 6.07) is 4.14. The summed E-state index contributed by atoms with van der Waals surface area (Å²) in [7, 11) is 0. The van der Waals surface area contributed by atoms with Crippen molar-refractivity contribution in [3.8, 4) is 0 Å². The average Bonchev–Trinajstić information content (AvgIpc) is 2.77. The molecular formula is C28H32ClN3S. The molecule has 0 fully saturated rings. The lowest BCUT2D eigenvalue weighted by Gasteiger charge is -2.32. The van der Waals surface area contributed by atoms with Crippen LogP contribution in [0.5, 0.6) is 0 Å². The SMILES string of the molecule is CCc1ccc(C(C(=S)C=C(C)N)C2=CN=C(C)/C(C3(C)C=CC=CC3)=C(/Cl)C(C)=C2)cn1. The van der Waals surface area contributed by atoms with Crippen LogP contribution >= 0.6 is 23.8 Å². The number of rotatable bonds is 6. The molecular weight excluding hydrogens is 446 g/mol. The number of aryl methyl sites for hydroxylation is 1. The van der Waals surface area contributed by atoms with Crippen molar-refractivity contribution in [3.05, 3.63) is 99.7 Å². The molecule has 1 aromatic heterocycles. The molecule has 0 saturated heterocycles. The van der Waals surface area contributed by atoms with E-state index < -0.39 is 0 Å². The monoisotopic (exact) mass is 477 g/mol. The molecule has 0 saturated carbocycles. The highest BCUT2D eigenvalue weighted by molar-refractivity contribution is 7.80. The summed E-state index contributed by atoms with van der Waals surface area (Å²) < 4.78 is 0. The molecule has 1 aliphatic heterocycles. The molecule has 172 valence electrons. The first-order valence-corrected chi connectivity index (χ1v) is 12.1. The van der Waals surface area contributed by atoms with E-state index in [0.29, 0.717) is 5.70 Å². The Morgan fingerprint density at radius 3 is 2.64 bits per heavy atom. The number of thiocarbonyl (C=S) groups is 1. The molecule has 1 aromatic rings. The fourth-order valence-electron chi connectivity index (χ4n) is 4.32. The van der Waals surface area contributed by atoms with Gasteiger partial charge >= 0.3 is 0 Å². The van der Waals surface area contributed by atoms with E-state index in [9.17, 15) is 0 Å². The van der Waals surface area contributed by atoms with Gasteiger partial charge in [-0.3, -0.25) is 9.98 Å². The molecule has 2 N–H and O–H groups in total. The van der Waals surface area contributed by atoms with Gasteiger partial charge in [-0.25, -0.2) is 0 Å². The lowest BCUT2D eigenvalue weighted by Crippen LogP contribution is -2.24. The zero-order chi connectivity index (χ0) is 24.2. The van der Waals surface area contributed by atoms with Crippen molar-refractivity contribution >= 4 is 34.4 Å². The molecule has 3 nitrogen and oxygen atoms in total. The van der Waals surface area contributed by atoms with Crippen LogP contribution in [0, 0.1) is 5.41 Å². The molecule has 1 aliphatic carbocycles. The van der Waals surface area contributed by atoms with Gasteiger partial charge in [0, 0.05) is 56.3 Å². The molecule has 2 unspecified atom stereocenters. The Morgan fingerprint density at radius 2 is 2.06 bits per heavy atom. The van der Waals surface area contributed by atoms with Crippen LogP contribution in [-0.2, 0) is 6.42 Å². The van der Waals surface area contributed by atoms with Crippen molar-refractivity contribution in [3.63, 3.8) is 0 Å². The zero-order valence-electron chi connectivity index (χ0n) is 20.0. The number of aromatic nitrogens is 1. The number of pyridine rings is 1. The van der Waals surface area contributed by atoms with Crippen molar-refractivity contribution in [2.45, 2.75) is 53.4 Å². The third kappa shape index (κ3) is 5.69.